The Morgan fingerprint density at radius 2 is 0.500 bits per heavy atom. The molecule has 0 atom stereocenters. The Bertz CT molecular complexity index is 525. The van der Waals surface area contributed by atoms with Crippen LogP contribution in [0, 0.1) is 0 Å². The molecular formula is C45H91N. The van der Waals surface area contributed by atoms with E-state index in [0.717, 1.165) is 0 Å². The molecule has 1 nitrogen and oxygen atoms in total. The van der Waals surface area contributed by atoms with Crippen LogP contribution in [-0.2, 0) is 0 Å². The number of nitrogens with zero attached hydrogens (tertiary/aromatic N) is 1. The number of unbranched alkanes of at least 4 members (excludes halogenated alkanes) is 34. The van der Waals surface area contributed by atoms with E-state index in [9.17, 15) is 0 Å². The van der Waals surface area contributed by atoms with Crippen LogP contribution in [0.3, 0.4) is 0 Å². The summed E-state index contributed by atoms with van der Waals surface area (Å²) in [6.45, 7) is 8.93. The van der Waals surface area contributed by atoms with Gasteiger partial charge in [-0.05, 0) is 26.9 Å². The molecule has 0 amide bonds. The van der Waals surface area contributed by atoms with Gasteiger partial charge in [-0.25, -0.2) is 0 Å². The second kappa shape index (κ2) is 37.5. The largest absolute Gasteiger partial charge is 0.300 e. The van der Waals surface area contributed by atoms with Crippen molar-refractivity contribution in [2.45, 2.75) is 263 Å². The maximum absolute atomic E-state index is 4.31. The van der Waals surface area contributed by atoms with Gasteiger partial charge in [-0.1, -0.05) is 251 Å². The van der Waals surface area contributed by atoms with Crippen molar-refractivity contribution in [3.8, 4) is 0 Å². The average Bonchev–Trinajstić information content (AvgIpc) is 3.06. The zero-order chi connectivity index (χ0) is 33.7. The molecule has 276 valence electrons. The van der Waals surface area contributed by atoms with Gasteiger partial charge in [0.1, 0.15) is 0 Å². The Hall–Kier alpha value is -0.300. The molecule has 0 saturated carbocycles. The fraction of sp³-hybridized carbons (Fsp3) is 0.956. The summed E-state index contributed by atoms with van der Waals surface area (Å²) in [6, 6.07) is 0. The number of hydrogen-bond acceptors (Lipinski definition) is 1. The fourth-order valence-electron chi connectivity index (χ4n) is 7.62. The van der Waals surface area contributed by atoms with E-state index in [-0.39, 0.29) is 5.54 Å². The first-order chi connectivity index (χ1) is 22.6. The van der Waals surface area contributed by atoms with Crippen molar-refractivity contribution in [3.05, 3.63) is 12.7 Å². The molecule has 0 fully saturated rings. The summed E-state index contributed by atoms with van der Waals surface area (Å²) in [7, 11) is 4.57. The van der Waals surface area contributed by atoms with E-state index in [1.54, 1.807) is 0 Å². The molecule has 0 N–H and O–H groups in total. The van der Waals surface area contributed by atoms with Crippen molar-refractivity contribution in [2.75, 3.05) is 14.1 Å². The first kappa shape index (κ1) is 45.7. The van der Waals surface area contributed by atoms with Crippen molar-refractivity contribution >= 4 is 0 Å². The number of likely N-dealkylation sites (N-methyl/N-ethyl adjacent to an activating group) is 1. The third-order valence-corrected chi connectivity index (χ3v) is 11.2. The van der Waals surface area contributed by atoms with Gasteiger partial charge in [-0.15, -0.1) is 6.58 Å². The smallest absolute Gasteiger partial charge is 0.0382 e. The van der Waals surface area contributed by atoms with Crippen LogP contribution in [0.2, 0.25) is 0 Å². The van der Waals surface area contributed by atoms with E-state index in [1.165, 1.54) is 244 Å². The molecule has 0 aliphatic heterocycles. The van der Waals surface area contributed by atoms with Crippen molar-refractivity contribution in [3.63, 3.8) is 0 Å². The molecule has 0 unspecified atom stereocenters. The average molecular weight is 646 g/mol. The zero-order valence-corrected chi connectivity index (χ0v) is 33.1. The lowest BCUT2D eigenvalue weighted by molar-refractivity contribution is 0.171. The normalized spacial score (nSPS) is 12.0. The summed E-state index contributed by atoms with van der Waals surface area (Å²) >= 11 is 0. The molecule has 0 aliphatic carbocycles. The van der Waals surface area contributed by atoms with Crippen LogP contribution in [0.1, 0.15) is 258 Å². The summed E-state index contributed by atoms with van der Waals surface area (Å²) in [5, 5.41) is 0. The fourth-order valence-corrected chi connectivity index (χ4v) is 7.62. The SMILES string of the molecule is C=CC(CCCCCCCCCCCCCCCCCCCC)(CCCCCCCCCCCCCCCCCCCC)N(C)C. The third-order valence-electron chi connectivity index (χ3n) is 11.2. The van der Waals surface area contributed by atoms with Gasteiger partial charge in [-0.3, -0.25) is 0 Å². The molecule has 1 heteroatoms. The van der Waals surface area contributed by atoms with Gasteiger partial charge in [0, 0.05) is 5.54 Å². The molecule has 0 aromatic rings. The van der Waals surface area contributed by atoms with Crippen LogP contribution < -0.4 is 0 Å². The molecule has 0 aromatic heterocycles. The predicted octanol–water partition coefficient (Wildman–Crippen LogP) is 16.3. The van der Waals surface area contributed by atoms with Crippen molar-refractivity contribution in [2.24, 2.45) is 0 Å². The summed E-state index contributed by atoms with van der Waals surface area (Å²) in [5.74, 6) is 0. The molecule has 0 saturated heterocycles. The summed E-state index contributed by atoms with van der Waals surface area (Å²) in [5.41, 5.74) is 0.212. The molecule has 0 aromatic carbocycles. The van der Waals surface area contributed by atoms with Crippen LogP contribution in [0.5, 0.6) is 0 Å². The lowest BCUT2D eigenvalue weighted by Gasteiger charge is -2.38. The lowest BCUT2D eigenvalue weighted by atomic mass is 9.85. The minimum Gasteiger partial charge on any atom is -0.300 e. The van der Waals surface area contributed by atoms with Crippen LogP contribution in [0.25, 0.3) is 0 Å². The van der Waals surface area contributed by atoms with E-state index in [4.69, 9.17) is 0 Å². The van der Waals surface area contributed by atoms with Crippen LogP contribution in [0.15, 0.2) is 12.7 Å². The first-order valence-corrected chi connectivity index (χ1v) is 21.9. The van der Waals surface area contributed by atoms with Crippen molar-refractivity contribution in [1.82, 2.24) is 4.90 Å². The third kappa shape index (κ3) is 31.0. The highest BCUT2D eigenvalue weighted by Crippen LogP contribution is 2.29. The summed E-state index contributed by atoms with van der Waals surface area (Å²) in [6.07, 6.45) is 57.1. The molecule has 46 heavy (non-hydrogen) atoms. The Morgan fingerprint density at radius 1 is 0.326 bits per heavy atom. The Morgan fingerprint density at radius 3 is 0.652 bits per heavy atom. The van der Waals surface area contributed by atoms with E-state index in [1.807, 2.05) is 0 Å². The van der Waals surface area contributed by atoms with Crippen molar-refractivity contribution < 1.29 is 0 Å². The molecule has 0 radical (unpaired) electrons. The van der Waals surface area contributed by atoms with Gasteiger partial charge >= 0.3 is 0 Å². The Labute approximate surface area is 294 Å². The topological polar surface area (TPSA) is 3.24 Å². The van der Waals surface area contributed by atoms with Gasteiger partial charge < -0.3 is 4.90 Å². The van der Waals surface area contributed by atoms with E-state index >= 15 is 0 Å². The monoisotopic (exact) mass is 646 g/mol. The van der Waals surface area contributed by atoms with Gasteiger partial charge in [0.25, 0.3) is 0 Å². The highest BCUT2D eigenvalue weighted by molar-refractivity contribution is 5.02. The van der Waals surface area contributed by atoms with E-state index in [2.05, 4.69) is 45.5 Å². The van der Waals surface area contributed by atoms with Crippen LogP contribution in [0.4, 0.5) is 0 Å². The molecular weight excluding hydrogens is 555 g/mol. The summed E-state index contributed by atoms with van der Waals surface area (Å²) < 4.78 is 0. The first-order valence-electron chi connectivity index (χ1n) is 21.9. The zero-order valence-electron chi connectivity index (χ0n) is 33.1. The molecule has 0 spiro atoms. The second-order valence-electron chi connectivity index (χ2n) is 15.7. The maximum atomic E-state index is 4.31. The highest BCUT2D eigenvalue weighted by Gasteiger charge is 2.27. The standard InChI is InChI=1S/C45H91N/c1-6-9-11-13-15-17-19-21-23-25-27-29-31-33-35-37-39-41-43-45(8-3,46(4)5)44-42-40-38-36-34-32-30-28-26-24-22-20-18-16-14-12-10-7-2/h8H,3,6-7,9-44H2,1-2,4-5H3. The minimum absolute atomic E-state index is 0.212. The highest BCUT2D eigenvalue weighted by atomic mass is 15.1. The van der Waals surface area contributed by atoms with Gasteiger partial charge in [-0.2, -0.15) is 0 Å². The van der Waals surface area contributed by atoms with Crippen LogP contribution >= 0.6 is 0 Å². The van der Waals surface area contributed by atoms with Gasteiger partial charge in [0.05, 0.1) is 0 Å². The molecule has 0 aliphatic rings. The van der Waals surface area contributed by atoms with E-state index in [0.29, 0.717) is 0 Å². The molecule has 0 bridgehead atoms. The van der Waals surface area contributed by atoms with Crippen molar-refractivity contribution in [1.29, 1.82) is 0 Å². The quantitative estimate of drug-likeness (QED) is 0.0473. The number of hydrogen-bond donors (Lipinski definition) is 0. The Kier molecular flexibility index (Phi) is 37.3. The van der Waals surface area contributed by atoms with Gasteiger partial charge in [0.15, 0.2) is 0 Å². The number of rotatable bonds is 40. The van der Waals surface area contributed by atoms with E-state index < -0.39 is 0 Å². The van der Waals surface area contributed by atoms with Crippen LogP contribution in [-0.4, -0.2) is 24.5 Å². The van der Waals surface area contributed by atoms with Gasteiger partial charge in [0.2, 0.25) is 0 Å². The summed E-state index contributed by atoms with van der Waals surface area (Å²) in [4.78, 5) is 2.47. The minimum atomic E-state index is 0.212. The predicted molar refractivity (Wildman–Crippen MR) is 213 cm³/mol. The molecule has 0 rings (SSSR count). The second-order valence-corrected chi connectivity index (χ2v) is 15.7. The maximum Gasteiger partial charge on any atom is 0.0382 e. The Balaban J connectivity index is 3.59. The molecule has 0 heterocycles. The lowest BCUT2D eigenvalue weighted by Crippen LogP contribution is -2.42.